The third-order valence-electron chi connectivity index (χ3n) is 6.50. The standard InChI is InChI=1S/C26H26N6O3S/c1-18-15-29-32-25(13-23(30-26(18)32)22-6-2-3-7-24(22)33)28-16-20-5-4-12-31(17-20)36(34,35)21-10-8-19(14-27)9-11-21/h2-3,6-11,13,15,20,28,33H,4-5,12,16-17H2,1H3. The quantitative estimate of drug-likeness (QED) is 0.411. The summed E-state index contributed by atoms with van der Waals surface area (Å²) in [5, 5.41) is 27.2. The van der Waals surface area contributed by atoms with E-state index in [1.54, 1.807) is 22.8 Å². The lowest BCUT2D eigenvalue weighted by atomic mass is 10.00. The van der Waals surface area contributed by atoms with E-state index in [4.69, 9.17) is 10.2 Å². The van der Waals surface area contributed by atoms with Crippen molar-refractivity contribution in [3.05, 3.63) is 71.9 Å². The monoisotopic (exact) mass is 502 g/mol. The van der Waals surface area contributed by atoms with Crippen LogP contribution in [0.4, 0.5) is 5.82 Å². The first kappa shape index (κ1) is 23.8. The van der Waals surface area contributed by atoms with Gasteiger partial charge in [-0.25, -0.2) is 13.4 Å². The number of phenols is 1. The summed E-state index contributed by atoms with van der Waals surface area (Å²) in [6.07, 6.45) is 3.40. The molecule has 4 aromatic rings. The van der Waals surface area contributed by atoms with Gasteiger partial charge in [-0.1, -0.05) is 12.1 Å². The molecular weight excluding hydrogens is 476 g/mol. The van der Waals surface area contributed by atoms with Crippen molar-refractivity contribution in [2.24, 2.45) is 5.92 Å². The zero-order valence-electron chi connectivity index (χ0n) is 19.8. The molecule has 0 bridgehead atoms. The maximum Gasteiger partial charge on any atom is 0.243 e. The third-order valence-corrected chi connectivity index (χ3v) is 8.38. The van der Waals surface area contributed by atoms with Crippen LogP contribution in [0.5, 0.6) is 5.75 Å². The van der Waals surface area contributed by atoms with Gasteiger partial charge in [-0.3, -0.25) is 0 Å². The first-order chi connectivity index (χ1) is 17.4. The topological polar surface area (TPSA) is 124 Å². The molecule has 2 aromatic carbocycles. The first-order valence-corrected chi connectivity index (χ1v) is 13.2. The van der Waals surface area contributed by atoms with Gasteiger partial charge in [-0.15, -0.1) is 0 Å². The fraction of sp³-hybridized carbons (Fsp3) is 0.269. The van der Waals surface area contributed by atoms with Gasteiger partial charge in [0.25, 0.3) is 0 Å². The molecule has 2 aromatic heterocycles. The van der Waals surface area contributed by atoms with Crippen molar-refractivity contribution in [2.45, 2.75) is 24.7 Å². The number of hydrogen-bond donors (Lipinski definition) is 2. The number of rotatable bonds is 6. The van der Waals surface area contributed by atoms with E-state index in [0.29, 0.717) is 42.1 Å². The molecule has 10 heteroatoms. The number of piperidine rings is 1. The lowest BCUT2D eigenvalue weighted by Gasteiger charge is -2.32. The molecule has 3 heterocycles. The number of aromatic nitrogens is 3. The van der Waals surface area contributed by atoms with Crippen molar-refractivity contribution in [1.82, 2.24) is 18.9 Å². The van der Waals surface area contributed by atoms with E-state index in [2.05, 4.69) is 10.4 Å². The molecule has 1 aliphatic heterocycles. The summed E-state index contributed by atoms with van der Waals surface area (Å²) in [5.41, 5.74) is 3.27. The van der Waals surface area contributed by atoms with Crippen LogP contribution < -0.4 is 5.32 Å². The summed E-state index contributed by atoms with van der Waals surface area (Å²) < 4.78 is 29.6. The second-order valence-electron chi connectivity index (χ2n) is 9.00. The highest BCUT2D eigenvalue weighted by molar-refractivity contribution is 7.89. The molecule has 1 fully saturated rings. The van der Waals surface area contributed by atoms with Crippen molar-refractivity contribution in [2.75, 3.05) is 25.0 Å². The van der Waals surface area contributed by atoms with Crippen LogP contribution in [0.15, 0.2) is 65.7 Å². The number of anilines is 1. The number of aryl methyl sites for hydroxylation is 1. The molecule has 1 atom stereocenters. The average Bonchev–Trinajstić information content (AvgIpc) is 3.28. The molecule has 2 N–H and O–H groups in total. The maximum absolute atomic E-state index is 13.2. The van der Waals surface area contributed by atoms with E-state index in [1.165, 1.54) is 28.6 Å². The Morgan fingerprint density at radius 2 is 1.97 bits per heavy atom. The molecule has 5 rings (SSSR count). The van der Waals surface area contributed by atoms with E-state index in [0.717, 1.165) is 24.2 Å². The number of aromatic hydroxyl groups is 1. The molecule has 9 nitrogen and oxygen atoms in total. The Labute approximate surface area is 209 Å². The molecule has 0 aliphatic carbocycles. The Hall–Kier alpha value is -3.94. The number of fused-ring (bicyclic) bond motifs is 1. The predicted molar refractivity (Wildman–Crippen MR) is 136 cm³/mol. The van der Waals surface area contributed by atoms with Gasteiger partial charge in [0.2, 0.25) is 10.0 Å². The molecular formula is C26H26N6O3S. The molecule has 36 heavy (non-hydrogen) atoms. The first-order valence-electron chi connectivity index (χ1n) is 11.7. The van der Waals surface area contributed by atoms with Crippen LogP contribution in [-0.4, -0.2) is 52.1 Å². The lowest BCUT2D eigenvalue weighted by Crippen LogP contribution is -2.41. The van der Waals surface area contributed by atoms with Gasteiger partial charge in [-0.05, 0) is 62.1 Å². The van der Waals surface area contributed by atoms with Gasteiger partial charge in [0, 0.05) is 36.8 Å². The fourth-order valence-electron chi connectivity index (χ4n) is 4.54. The maximum atomic E-state index is 13.2. The van der Waals surface area contributed by atoms with E-state index in [9.17, 15) is 13.5 Å². The summed E-state index contributed by atoms with van der Waals surface area (Å²) in [4.78, 5) is 4.90. The average molecular weight is 503 g/mol. The van der Waals surface area contributed by atoms with Gasteiger partial charge >= 0.3 is 0 Å². The lowest BCUT2D eigenvalue weighted by molar-refractivity contribution is 0.275. The fourth-order valence-corrected chi connectivity index (χ4v) is 6.09. The number of para-hydroxylation sites is 1. The highest BCUT2D eigenvalue weighted by Gasteiger charge is 2.30. The van der Waals surface area contributed by atoms with Crippen molar-refractivity contribution < 1.29 is 13.5 Å². The number of benzene rings is 2. The number of nitrogens with zero attached hydrogens (tertiary/aromatic N) is 5. The molecule has 1 saturated heterocycles. The van der Waals surface area contributed by atoms with Gasteiger partial charge in [0.1, 0.15) is 11.6 Å². The number of hydrogen-bond acceptors (Lipinski definition) is 7. The number of nitriles is 1. The van der Waals surface area contributed by atoms with Gasteiger partial charge < -0.3 is 10.4 Å². The van der Waals surface area contributed by atoms with Crippen LogP contribution in [0.2, 0.25) is 0 Å². The third kappa shape index (κ3) is 4.51. The minimum atomic E-state index is -3.64. The van der Waals surface area contributed by atoms with Crippen molar-refractivity contribution >= 4 is 21.5 Å². The number of nitrogens with one attached hydrogen (secondary N) is 1. The smallest absolute Gasteiger partial charge is 0.243 e. The van der Waals surface area contributed by atoms with Crippen molar-refractivity contribution in [3.63, 3.8) is 0 Å². The molecule has 1 aliphatic rings. The molecule has 0 saturated carbocycles. The second-order valence-corrected chi connectivity index (χ2v) is 10.9. The summed E-state index contributed by atoms with van der Waals surface area (Å²) >= 11 is 0. The molecule has 1 unspecified atom stereocenters. The van der Waals surface area contributed by atoms with E-state index in [-0.39, 0.29) is 16.6 Å². The van der Waals surface area contributed by atoms with Crippen LogP contribution in [0, 0.1) is 24.2 Å². The Morgan fingerprint density at radius 3 is 2.72 bits per heavy atom. The van der Waals surface area contributed by atoms with Crippen LogP contribution in [0.25, 0.3) is 16.9 Å². The summed E-state index contributed by atoms with van der Waals surface area (Å²) in [5.74, 6) is 0.965. The Bertz CT molecular complexity index is 1560. The van der Waals surface area contributed by atoms with Crippen LogP contribution in [0.3, 0.4) is 0 Å². The van der Waals surface area contributed by atoms with Crippen LogP contribution in [-0.2, 0) is 10.0 Å². The number of sulfonamides is 1. The zero-order valence-corrected chi connectivity index (χ0v) is 20.6. The van der Waals surface area contributed by atoms with Gasteiger partial charge in [0.15, 0.2) is 5.65 Å². The Kier molecular flexibility index (Phi) is 6.35. The molecule has 0 spiro atoms. The minimum absolute atomic E-state index is 0.0976. The zero-order chi connectivity index (χ0) is 25.3. The van der Waals surface area contributed by atoms with Crippen molar-refractivity contribution in [1.29, 1.82) is 5.26 Å². The van der Waals surface area contributed by atoms with E-state index >= 15 is 0 Å². The molecule has 184 valence electrons. The highest BCUT2D eigenvalue weighted by atomic mass is 32.2. The summed E-state index contributed by atoms with van der Waals surface area (Å²) in [6, 6.07) is 17.0. The largest absolute Gasteiger partial charge is 0.507 e. The molecule has 0 amide bonds. The number of phenolic OH excluding ortho intramolecular Hbond substituents is 1. The van der Waals surface area contributed by atoms with Crippen LogP contribution in [0.1, 0.15) is 24.0 Å². The Morgan fingerprint density at radius 1 is 1.19 bits per heavy atom. The summed E-state index contributed by atoms with van der Waals surface area (Å²) in [7, 11) is -3.64. The second kappa shape index (κ2) is 9.60. The van der Waals surface area contributed by atoms with E-state index < -0.39 is 10.0 Å². The highest BCUT2D eigenvalue weighted by Crippen LogP contribution is 2.30. The SMILES string of the molecule is Cc1cnn2c(NCC3CCCN(S(=O)(=O)c4ccc(C#N)cc4)C3)cc(-c3ccccc3O)nc12. The minimum Gasteiger partial charge on any atom is -0.507 e. The van der Waals surface area contributed by atoms with E-state index in [1.807, 2.05) is 31.2 Å². The normalized spacial score (nSPS) is 16.6. The summed E-state index contributed by atoms with van der Waals surface area (Å²) in [6.45, 7) is 3.35. The van der Waals surface area contributed by atoms with Gasteiger partial charge in [-0.2, -0.15) is 19.2 Å². The van der Waals surface area contributed by atoms with Crippen LogP contribution >= 0.6 is 0 Å². The predicted octanol–water partition coefficient (Wildman–Crippen LogP) is 3.79. The molecule has 0 radical (unpaired) electrons. The van der Waals surface area contributed by atoms with Gasteiger partial charge in [0.05, 0.1) is 28.4 Å². The van der Waals surface area contributed by atoms with Crippen molar-refractivity contribution in [3.8, 4) is 23.1 Å². The Balaban J connectivity index is 1.36.